The second kappa shape index (κ2) is 9.99. The highest BCUT2D eigenvalue weighted by atomic mass is 32.2. The SMILES string of the molecule is COc1ccc(CCC2(C)NC(=O)N(CC(=O)Nc3ccc(SC(F)F)cc3)C2=O)cc1. The third kappa shape index (κ3) is 5.76. The maximum atomic E-state index is 12.9. The molecule has 32 heavy (non-hydrogen) atoms. The van der Waals surface area contributed by atoms with Gasteiger partial charge in [0.05, 0.1) is 7.11 Å². The highest BCUT2D eigenvalue weighted by molar-refractivity contribution is 7.99. The van der Waals surface area contributed by atoms with Crippen molar-refractivity contribution in [3.05, 3.63) is 54.1 Å². The zero-order valence-electron chi connectivity index (χ0n) is 17.6. The number of halogens is 2. The van der Waals surface area contributed by atoms with E-state index >= 15 is 0 Å². The first-order valence-electron chi connectivity index (χ1n) is 9.82. The Bertz CT molecular complexity index is 986. The Kier molecular flexibility index (Phi) is 7.34. The average molecular weight is 464 g/mol. The summed E-state index contributed by atoms with van der Waals surface area (Å²) in [5.41, 5.74) is 0.243. The number of methoxy groups -OCH3 is 1. The third-order valence-electron chi connectivity index (χ3n) is 5.08. The summed E-state index contributed by atoms with van der Waals surface area (Å²) in [5.74, 6) is -2.85. The summed E-state index contributed by atoms with van der Waals surface area (Å²) in [6, 6.07) is 12.7. The highest BCUT2D eigenvalue weighted by Crippen LogP contribution is 2.27. The van der Waals surface area contributed by atoms with E-state index in [2.05, 4.69) is 10.6 Å². The molecule has 1 saturated heterocycles. The number of aryl methyl sites for hydroxylation is 1. The number of ether oxygens (including phenoxy) is 1. The summed E-state index contributed by atoms with van der Waals surface area (Å²) in [6.07, 6.45) is 0.917. The minimum atomic E-state index is -2.53. The van der Waals surface area contributed by atoms with Crippen LogP contribution in [0.5, 0.6) is 5.75 Å². The number of carbonyl (C=O) groups is 3. The molecule has 1 atom stereocenters. The lowest BCUT2D eigenvalue weighted by Crippen LogP contribution is -2.45. The smallest absolute Gasteiger partial charge is 0.325 e. The van der Waals surface area contributed by atoms with Gasteiger partial charge in [-0.1, -0.05) is 23.9 Å². The van der Waals surface area contributed by atoms with Crippen molar-refractivity contribution in [2.75, 3.05) is 19.0 Å². The molecule has 10 heteroatoms. The van der Waals surface area contributed by atoms with E-state index in [9.17, 15) is 23.2 Å². The molecule has 0 spiro atoms. The number of nitrogens with one attached hydrogen (secondary N) is 2. The predicted octanol–water partition coefficient (Wildman–Crippen LogP) is 3.89. The fraction of sp³-hybridized carbons (Fsp3) is 0.318. The van der Waals surface area contributed by atoms with Gasteiger partial charge in [0, 0.05) is 10.6 Å². The third-order valence-corrected chi connectivity index (χ3v) is 5.81. The number of urea groups is 1. The molecular formula is C22H23F2N3O4S. The van der Waals surface area contributed by atoms with Gasteiger partial charge in [0.1, 0.15) is 17.8 Å². The van der Waals surface area contributed by atoms with Crippen LogP contribution >= 0.6 is 11.8 Å². The van der Waals surface area contributed by atoms with Crippen molar-refractivity contribution in [3.63, 3.8) is 0 Å². The van der Waals surface area contributed by atoms with Crippen molar-refractivity contribution < 1.29 is 27.9 Å². The molecule has 170 valence electrons. The maximum absolute atomic E-state index is 12.9. The maximum Gasteiger partial charge on any atom is 0.325 e. The Labute approximate surface area is 188 Å². The molecule has 1 aliphatic rings. The minimum absolute atomic E-state index is 0.361. The molecule has 3 rings (SSSR count). The van der Waals surface area contributed by atoms with E-state index in [0.29, 0.717) is 35.2 Å². The van der Waals surface area contributed by atoms with Crippen LogP contribution < -0.4 is 15.4 Å². The number of carbonyl (C=O) groups excluding carboxylic acids is 3. The van der Waals surface area contributed by atoms with Crippen LogP contribution in [0.3, 0.4) is 0 Å². The highest BCUT2D eigenvalue weighted by Gasteiger charge is 2.47. The molecule has 1 aliphatic heterocycles. The van der Waals surface area contributed by atoms with Gasteiger partial charge in [0.2, 0.25) is 5.91 Å². The Hall–Kier alpha value is -3.14. The number of rotatable bonds is 9. The van der Waals surface area contributed by atoms with E-state index in [-0.39, 0.29) is 0 Å². The van der Waals surface area contributed by atoms with Crippen LogP contribution in [0.2, 0.25) is 0 Å². The monoisotopic (exact) mass is 463 g/mol. The van der Waals surface area contributed by atoms with Crippen molar-refractivity contribution in [2.24, 2.45) is 0 Å². The van der Waals surface area contributed by atoms with Crippen molar-refractivity contribution in [1.82, 2.24) is 10.2 Å². The Morgan fingerprint density at radius 2 is 1.81 bits per heavy atom. The Morgan fingerprint density at radius 3 is 2.41 bits per heavy atom. The quantitative estimate of drug-likeness (QED) is 0.435. The number of hydrogen-bond donors (Lipinski definition) is 2. The molecule has 0 bridgehead atoms. The number of imide groups is 1. The molecule has 2 aromatic carbocycles. The van der Waals surface area contributed by atoms with E-state index in [0.717, 1.165) is 16.2 Å². The van der Waals surface area contributed by atoms with E-state index in [1.54, 1.807) is 14.0 Å². The van der Waals surface area contributed by atoms with Crippen molar-refractivity contribution >= 4 is 35.3 Å². The molecular weight excluding hydrogens is 440 g/mol. The lowest BCUT2D eigenvalue weighted by atomic mass is 9.93. The standard InChI is InChI=1S/C22H23F2N3O4S/c1-22(12-11-14-3-7-16(31-2)8-4-14)19(29)27(21(30)26-22)13-18(28)25-15-5-9-17(10-6-15)32-20(23)24/h3-10,20H,11-13H2,1-2H3,(H,25,28)(H,26,30). The van der Waals surface area contributed by atoms with Gasteiger partial charge in [-0.05, 0) is 61.7 Å². The normalized spacial score (nSPS) is 18.1. The summed E-state index contributed by atoms with van der Waals surface area (Å²) in [5, 5.41) is 5.24. The molecule has 2 N–H and O–H groups in total. The molecule has 4 amide bonds. The van der Waals surface area contributed by atoms with Gasteiger partial charge in [-0.2, -0.15) is 8.78 Å². The number of alkyl halides is 2. The molecule has 0 aliphatic carbocycles. The first-order chi connectivity index (χ1) is 15.2. The summed E-state index contributed by atoms with van der Waals surface area (Å²) < 4.78 is 29.9. The summed E-state index contributed by atoms with van der Waals surface area (Å²) >= 11 is 0.399. The van der Waals surface area contributed by atoms with E-state index in [1.165, 1.54) is 24.3 Å². The second-order valence-corrected chi connectivity index (χ2v) is 8.52. The second-order valence-electron chi connectivity index (χ2n) is 7.45. The molecule has 1 unspecified atom stereocenters. The number of hydrogen-bond acceptors (Lipinski definition) is 5. The lowest BCUT2D eigenvalue weighted by molar-refractivity contribution is -0.133. The topological polar surface area (TPSA) is 87.7 Å². The Morgan fingerprint density at radius 1 is 1.16 bits per heavy atom. The van der Waals surface area contributed by atoms with Crippen LogP contribution in [0.4, 0.5) is 19.3 Å². The van der Waals surface area contributed by atoms with Crippen LogP contribution in [-0.4, -0.2) is 47.7 Å². The molecule has 0 saturated carbocycles. The number of benzene rings is 2. The lowest BCUT2D eigenvalue weighted by Gasteiger charge is -2.21. The van der Waals surface area contributed by atoms with Crippen molar-refractivity contribution in [1.29, 1.82) is 0 Å². The Balaban J connectivity index is 1.56. The molecule has 0 aromatic heterocycles. The molecule has 2 aromatic rings. The van der Waals surface area contributed by atoms with Crippen LogP contribution in [0.1, 0.15) is 18.9 Å². The van der Waals surface area contributed by atoms with Gasteiger partial charge in [-0.25, -0.2) is 4.79 Å². The number of nitrogens with zero attached hydrogens (tertiary/aromatic N) is 1. The molecule has 0 radical (unpaired) electrons. The minimum Gasteiger partial charge on any atom is -0.497 e. The first kappa shape index (κ1) is 23.5. The van der Waals surface area contributed by atoms with Gasteiger partial charge in [-0.3, -0.25) is 14.5 Å². The number of anilines is 1. The largest absolute Gasteiger partial charge is 0.497 e. The van der Waals surface area contributed by atoms with E-state index in [4.69, 9.17) is 4.74 Å². The first-order valence-corrected chi connectivity index (χ1v) is 10.7. The fourth-order valence-electron chi connectivity index (χ4n) is 3.31. The van der Waals surface area contributed by atoms with Gasteiger partial charge >= 0.3 is 6.03 Å². The summed E-state index contributed by atoms with van der Waals surface area (Å²) in [4.78, 5) is 38.8. The fourth-order valence-corrected chi connectivity index (χ4v) is 3.81. The van der Waals surface area contributed by atoms with Crippen LogP contribution in [0.25, 0.3) is 0 Å². The van der Waals surface area contributed by atoms with E-state index < -0.39 is 35.7 Å². The predicted molar refractivity (Wildman–Crippen MR) is 117 cm³/mol. The van der Waals surface area contributed by atoms with Gasteiger partial charge in [-0.15, -0.1) is 0 Å². The molecule has 1 heterocycles. The average Bonchev–Trinajstić information content (AvgIpc) is 2.97. The van der Waals surface area contributed by atoms with Crippen molar-refractivity contribution in [3.8, 4) is 5.75 Å². The molecule has 1 fully saturated rings. The molecule has 7 nitrogen and oxygen atoms in total. The number of amides is 4. The van der Waals surface area contributed by atoms with Crippen LogP contribution in [0.15, 0.2) is 53.4 Å². The zero-order chi connectivity index (χ0) is 23.3. The van der Waals surface area contributed by atoms with Gasteiger partial charge < -0.3 is 15.4 Å². The summed E-state index contributed by atoms with van der Waals surface area (Å²) in [7, 11) is 1.58. The number of thioether (sulfide) groups is 1. The van der Waals surface area contributed by atoms with Crippen molar-refractivity contribution in [2.45, 2.75) is 36.0 Å². The van der Waals surface area contributed by atoms with Crippen LogP contribution in [0, 0.1) is 0 Å². The van der Waals surface area contributed by atoms with E-state index in [1.807, 2.05) is 24.3 Å². The van der Waals surface area contributed by atoms with Gasteiger partial charge in [0.25, 0.3) is 11.7 Å². The zero-order valence-corrected chi connectivity index (χ0v) is 18.4. The summed E-state index contributed by atoms with van der Waals surface area (Å²) in [6.45, 7) is 1.18. The van der Waals surface area contributed by atoms with Crippen LogP contribution in [-0.2, 0) is 16.0 Å². The van der Waals surface area contributed by atoms with Gasteiger partial charge in [0.15, 0.2) is 0 Å².